The predicted molar refractivity (Wildman–Crippen MR) is 84.1 cm³/mol. The molecule has 5 nitrogen and oxygen atoms in total. The van der Waals surface area contributed by atoms with Gasteiger partial charge in [0, 0.05) is 0 Å². The molecule has 0 amide bonds. The summed E-state index contributed by atoms with van der Waals surface area (Å²) >= 11 is 0. The summed E-state index contributed by atoms with van der Waals surface area (Å²) in [4.78, 5) is 0. The van der Waals surface area contributed by atoms with Gasteiger partial charge in [-0.25, -0.2) is 0 Å². The maximum absolute atomic E-state index is 11.3. The van der Waals surface area contributed by atoms with Crippen molar-refractivity contribution in [2.75, 3.05) is 45.1 Å². The third-order valence-corrected chi connectivity index (χ3v) is 7.77. The summed E-state index contributed by atoms with van der Waals surface area (Å²) in [6, 6.07) is 0. The molecule has 2 N–H and O–H groups in total. The molecule has 0 radical (unpaired) electrons. The van der Waals surface area contributed by atoms with Crippen LogP contribution in [-0.4, -0.2) is 64.9 Å². The third kappa shape index (κ3) is 9.52. The number of sulfonamides is 1. The zero-order valence-corrected chi connectivity index (χ0v) is 14.2. The molecule has 0 aliphatic carbocycles. The third-order valence-electron chi connectivity index (χ3n) is 3.05. The van der Waals surface area contributed by atoms with Crippen LogP contribution in [-0.2, 0) is 14.8 Å². The van der Waals surface area contributed by atoms with Crippen LogP contribution in [0.5, 0.6) is 0 Å². The van der Waals surface area contributed by atoms with Crippen molar-refractivity contribution >= 4 is 17.3 Å². The first-order chi connectivity index (χ1) is 8.59. The molecule has 0 heterocycles. The second kappa shape index (κ2) is 8.32. The fourth-order valence-corrected chi connectivity index (χ4v) is 4.60. The Morgan fingerprint density at radius 2 is 2.00 bits per heavy atom. The van der Waals surface area contributed by atoms with Gasteiger partial charge >= 0.3 is 117 Å². The van der Waals surface area contributed by atoms with E-state index in [4.69, 9.17) is 4.74 Å². The molecule has 0 saturated heterocycles. The Morgan fingerprint density at radius 1 is 1.42 bits per heavy atom. The van der Waals surface area contributed by atoms with Gasteiger partial charge < -0.3 is 0 Å². The van der Waals surface area contributed by atoms with Gasteiger partial charge in [-0.3, -0.25) is 0 Å². The quantitative estimate of drug-likeness (QED) is 0.356. The normalized spacial score (nSPS) is 15.2. The second-order valence-electron chi connectivity index (χ2n) is 5.61. The summed E-state index contributed by atoms with van der Waals surface area (Å²) in [7, 11) is -3.14. The summed E-state index contributed by atoms with van der Waals surface area (Å²) in [6.45, 7) is 10.2. The van der Waals surface area contributed by atoms with Gasteiger partial charge in [0.25, 0.3) is 0 Å². The van der Waals surface area contributed by atoms with E-state index in [0.29, 0.717) is 18.6 Å². The van der Waals surface area contributed by atoms with Gasteiger partial charge in [-0.1, -0.05) is 0 Å². The molecular formula is C12H28NO4PS. The Kier molecular flexibility index (Phi) is 8.32. The van der Waals surface area contributed by atoms with E-state index in [1.165, 1.54) is 7.05 Å². The van der Waals surface area contributed by atoms with Crippen molar-refractivity contribution in [2.24, 2.45) is 0 Å². The van der Waals surface area contributed by atoms with Gasteiger partial charge in [0.1, 0.15) is 0 Å². The van der Waals surface area contributed by atoms with Crippen LogP contribution in [0.4, 0.5) is 0 Å². The van der Waals surface area contributed by atoms with Gasteiger partial charge in [0.05, 0.1) is 0 Å². The number of hydrogen-bond donors (Lipinski definition) is 2. The van der Waals surface area contributed by atoms with Crippen LogP contribution in [0.3, 0.4) is 0 Å². The van der Waals surface area contributed by atoms with Crippen molar-refractivity contribution in [1.82, 2.24) is 4.72 Å². The van der Waals surface area contributed by atoms with Crippen molar-refractivity contribution in [1.29, 1.82) is 0 Å². The summed E-state index contributed by atoms with van der Waals surface area (Å²) in [6.07, 6.45) is 1.61. The van der Waals surface area contributed by atoms with E-state index < -0.39 is 23.6 Å². The van der Waals surface area contributed by atoms with Crippen molar-refractivity contribution in [2.45, 2.75) is 19.6 Å². The van der Waals surface area contributed by atoms with E-state index in [9.17, 15) is 13.5 Å². The minimum absolute atomic E-state index is 0.176. The Bertz CT molecular complexity index is 381. The maximum atomic E-state index is 11.3. The van der Waals surface area contributed by atoms with Gasteiger partial charge in [-0.05, 0) is 0 Å². The number of aliphatic hydroxyl groups is 1. The van der Waals surface area contributed by atoms with Gasteiger partial charge in [0.15, 0.2) is 0 Å². The summed E-state index contributed by atoms with van der Waals surface area (Å²) < 4.78 is 30.2. The molecule has 1 atom stereocenters. The van der Waals surface area contributed by atoms with Crippen LogP contribution in [0.1, 0.15) is 13.3 Å². The molecule has 0 aromatic carbocycles. The van der Waals surface area contributed by atoms with Crippen LogP contribution in [0.2, 0.25) is 0 Å². The van der Waals surface area contributed by atoms with E-state index in [2.05, 4.69) is 24.6 Å². The summed E-state index contributed by atoms with van der Waals surface area (Å²) in [5, 5.41) is 9.44. The Labute approximate surface area is 117 Å². The van der Waals surface area contributed by atoms with Crippen molar-refractivity contribution < 1.29 is 18.3 Å². The molecule has 0 aliphatic rings. The van der Waals surface area contributed by atoms with Crippen molar-refractivity contribution in [3.8, 4) is 0 Å². The van der Waals surface area contributed by atoms with E-state index in [1.807, 2.05) is 0 Å². The van der Waals surface area contributed by atoms with Crippen LogP contribution in [0, 0.1) is 0 Å². The molecule has 0 spiro atoms. The molecule has 1 unspecified atom stereocenters. The molecule has 0 aromatic rings. The average Bonchev–Trinajstić information content (AvgIpc) is 2.27. The average molecular weight is 313 g/mol. The zero-order chi connectivity index (χ0) is 15.1. The first kappa shape index (κ1) is 19.0. The van der Waals surface area contributed by atoms with E-state index in [0.717, 1.165) is 12.3 Å². The number of ether oxygens (including phenoxy) is 1. The standard InChI is InChI=1S/C12H28NO4PS/c1-11(2)12(14)17-7-9-18(4,5)8-6-10-19(15,16)13-3/h12-14,18H,1,6-10H2,2-5H3. The molecule has 116 valence electrons. The first-order valence-electron chi connectivity index (χ1n) is 6.46. The van der Waals surface area contributed by atoms with Crippen LogP contribution in [0.15, 0.2) is 12.2 Å². The molecule has 0 aromatic heterocycles. The molecule has 7 heteroatoms. The van der Waals surface area contributed by atoms with Crippen LogP contribution in [0.25, 0.3) is 0 Å². The summed E-state index contributed by atoms with van der Waals surface area (Å²) in [5.74, 6) is 0.176. The van der Waals surface area contributed by atoms with Crippen LogP contribution >= 0.6 is 7.26 Å². The Balaban J connectivity index is 3.96. The number of aliphatic hydroxyl groups excluding tert-OH is 1. The SMILES string of the molecule is C=C(C)C(O)OCC[PH](C)(C)CCCS(=O)(=O)NC. The number of hydrogen-bond acceptors (Lipinski definition) is 4. The van der Waals surface area contributed by atoms with Gasteiger partial charge in [0.2, 0.25) is 0 Å². The minimum atomic E-state index is -3.10. The van der Waals surface area contributed by atoms with Gasteiger partial charge in [-0.2, -0.15) is 0 Å². The number of nitrogens with one attached hydrogen (secondary N) is 1. The zero-order valence-electron chi connectivity index (χ0n) is 12.4. The Hall–Kier alpha value is -0.0000000000000000208. The molecule has 19 heavy (non-hydrogen) atoms. The molecule has 0 rings (SSSR count). The first-order valence-corrected chi connectivity index (χ1v) is 11.5. The van der Waals surface area contributed by atoms with E-state index in [-0.39, 0.29) is 5.75 Å². The molecule has 0 fully saturated rings. The van der Waals surface area contributed by atoms with E-state index >= 15 is 0 Å². The molecular weight excluding hydrogens is 285 g/mol. The van der Waals surface area contributed by atoms with Crippen LogP contribution < -0.4 is 4.72 Å². The summed E-state index contributed by atoms with van der Waals surface area (Å²) in [5.41, 5.74) is 0.597. The topological polar surface area (TPSA) is 75.6 Å². The van der Waals surface area contributed by atoms with Crippen molar-refractivity contribution in [3.63, 3.8) is 0 Å². The van der Waals surface area contributed by atoms with E-state index in [1.54, 1.807) is 6.92 Å². The predicted octanol–water partition coefficient (Wildman–Crippen LogP) is 0.846. The monoisotopic (exact) mass is 313 g/mol. The second-order valence-corrected chi connectivity index (χ2v) is 13.0. The fraction of sp³-hybridized carbons (Fsp3) is 0.833. The fourth-order valence-electron chi connectivity index (χ4n) is 1.56. The molecule has 0 saturated carbocycles. The van der Waals surface area contributed by atoms with Gasteiger partial charge in [-0.15, -0.1) is 0 Å². The van der Waals surface area contributed by atoms with Crippen molar-refractivity contribution in [3.05, 3.63) is 12.2 Å². The molecule has 0 aliphatic heterocycles. The Morgan fingerprint density at radius 3 is 2.47 bits per heavy atom. The molecule has 0 bridgehead atoms. The number of rotatable bonds is 10.